The van der Waals surface area contributed by atoms with Crippen molar-refractivity contribution in [3.63, 3.8) is 0 Å². The van der Waals surface area contributed by atoms with Gasteiger partial charge in [0.15, 0.2) is 5.03 Å². The van der Waals surface area contributed by atoms with Crippen molar-refractivity contribution in [1.82, 2.24) is 14.3 Å². The van der Waals surface area contributed by atoms with E-state index in [1.54, 1.807) is 11.6 Å². The van der Waals surface area contributed by atoms with E-state index in [0.717, 1.165) is 5.56 Å². The van der Waals surface area contributed by atoms with Crippen LogP contribution >= 0.6 is 0 Å². The monoisotopic (exact) mass is 295 g/mol. The van der Waals surface area contributed by atoms with E-state index < -0.39 is 16.1 Å². The molecule has 7 heteroatoms. The molecule has 0 radical (unpaired) electrons. The van der Waals surface area contributed by atoms with Gasteiger partial charge in [-0.05, 0) is 12.0 Å². The largest absolute Gasteiger partial charge is 0.395 e. The fraction of sp³-hybridized carbons (Fsp3) is 0.308. The van der Waals surface area contributed by atoms with Gasteiger partial charge in [-0.25, -0.2) is 18.1 Å². The number of aliphatic hydroxyl groups is 1. The summed E-state index contributed by atoms with van der Waals surface area (Å²) in [6.45, 7) is -0.277. The van der Waals surface area contributed by atoms with E-state index in [1.165, 1.54) is 12.5 Å². The van der Waals surface area contributed by atoms with Crippen molar-refractivity contribution in [3.05, 3.63) is 48.4 Å². The van der Waals surface area contributed by atoms with E-state index >= 15 is 0 Å². The van der Waals surface area contributed by atoms with Gasteiger partial charge in [0, 0.05) is 19.3 Å². The molecule has 1 aromatic heterocycles. The maximum atomic E-state index is 12.1. The summed E-state index contributed by atoms with van der Waals surface area (Å²) in [5.41, 5.74) is 0.954. The Labute approximate surface area is 118 Å². The average Bonchev–Trinajstić information content (AvgIpc) is 2.86. The van der Waals surface area contributed by atoms with E-state index in [0.29, 0.717) is 6.42 Å². The minimum atomic E-state index is -3.71. The standard InChI is InChI=1S/C13H17N3O3S/c1-16-8-13(14-10-16)20(18,19)15-12(9-17)7-11-5-3-2-4-6-11/h2-6,8,10,12,15,17H,7,9H2,1H3. The topological polar surface area (TPSA) is 84.2 Å². The van der Waals surface area contributed by atoms with Gasteiger partial charge in [-0.15, -0.1) is 0 Å². The van der Waals surface area contributed by atoms with Gasteiger partial charge >= 0.3 is 0 Å². The van der Waals surface area contributed by atoms with Crippen LogP contribution in [0.15, 0.2) is 47.9 Å². The second-order valence-electron chi connectivity index (χ2n) is 4.57. The molecule has 0 bridgehead atoms. The number of sulfonamides is 1. The van der Waals surface area contributed by atoms with E-state index in [1.807, 2.05) is 30.3 Å². The maximum absolute atomic E-state index is 12.1. The molecule has 1 aromatic carbocycles. The smallest absolute Gasteiger partial charge is 0.259 e. The molecule has 0 aliphatic rings. The summed E-state index contributed by atoms with van der Waals surface area (Å²) in [4.78, 5) is 3.81. The molecule has 2 aromatic rings. The minimum absolute atomic E-state index is 0.0495. The zero-order chi connectivity index (χ0) is 14.6. The van der Waals surface area contributed by atoms with Crippen molar-refractivity contribution >= 4 is 10.0 Å². The fourth-order valence-electron chi connectivity index (χ4n) is 1.85. The summed E-state index contributed by atoms with van der Waals surface area (Å²) >= 11 is 0. The Bertz CT molecular complexity index is 653. The number of nitrogens with one attached hydrogen (secondary N) is 1. The third-order valence-corrected chi connectivity index (χ3v) is 4.23. The molecule has 1 unspecified atom stereocenters. The van der Waals surface area contributed by atoms with Gasteiger partial charge in [-0.3, -0.25) is 0 Å². The molecular formula is C13H17N3O3S. The Morgan fingerprint density at radius 3 is 2.60 bits per heavy atom. The van der Waals surface area contributed by atoms with E-state index in [4.69, 9.17) is 0 Å². The first-order valence-corrected chi connectivity index (χ1v) is 7.64. The molecule has 1 heterocycles. The quantitative estimate of drug-likeness (QED) is 0.803. The number of aromatic nitrogens is 2. The summed E-state index contributed by atoms with van der Waals surface area (Å²) < 4.78 is 28.2. The van der Waals surface area contributed by atoms with Gasteiger partial charge in [0.05, 0.1) is 12.9 Å². The summed E-state index contributed by atoms with van der Waals surface area (Å²) in [6, 6.07) is 8.82. The Kier molecular flexibility index (Phi) is 4.53. The lowest BCUT2D eigenvalue weighted by molar-refractivity contribution is 0.256. The lowest BCUT2D eigenvalue weighted by atomic mass is 10.1. The predicted molar refractivity (Wildman–Crippen MR) is 74.5 cm³/mol. The first kappa shape index (κ1) is 14.7. The van der Waals surface area contributed by atoms with E-state index in [-0.39, 0.29) is 11.6 Å². The van der Waals surface area contributed by atoms with E-state index in [9.17, 15) is 13.5 Å². The highest BCUT2D eigenvalue weighted by Gasteiger charge is 2.21. The van der Waals surface area contributed by atoms with Crippen LogP contribution in [0.3, 0.4) is 0 Å². The zero-order valence-electron chi connectivity index (χ0n) is 11.1. The second-order valence-corrected chi connectivity index (χ2v) is 6.23. The molecule has 2 rings (SSSR count). The molecule has 0 aliphatic carbocycles. The van der Waals surface area contributed by atoms with Gasteiger partial charge < -0.3 is 9.67 Å². The van der Waals surface area contributed by atoms with Crippen LogP contribution in [-0.4, -0.2) is 35.7 Å². The summed E-state index contributed by atoms with van der Waals surface area (Å²) in [5, 5.41) is 9.30. The molecular weight excluding hydrogens is 278 g/mol. The van der Waals surface area contributed by atoms with Crippen LogP contribution in [-0.2, 0) is 23.5 Å². The number of rotatable bonds is 6. The number of aliphatic hydroxyl groups excluding tert-OH is 1. The van der Waals surface area contributed by atoms with Crippen molar-refractivity contribution in [2.75, 3.05) is 6.61 Å². The van der Waals surface area contributed by atoms with Gasteiger partial charge in [0.2, 0.25) is 0 Å². The lowest BCUT2D eigenvalue weighted by Gasteiger charge is -2.15. The molecule has 0 fully saturated rings. The number of benzene rings is 1. The molecule has 1 atom stereocenters. The molecule has 0 saturated carbocycles. The van der Waals surface area contributed by atoms with Crippen LogP contribution in [0.4, 0.5) is 0 Å². The lowest BCUT2D eigenvalue weighted by Crippen LogP contribution is -2.39. The van der Waals surface area contributed by atoms with Crippen molar-refractivity contribution in [3.8, 4) is 0 Å². The molecule has 0 amide bonds. The molecule has 0 saturated heterocycles. The van der Waals surface area contributed by atoms with Crippen LogP contribution in [0.25, 0.3) is 0 Å². The third-order valence-electron chi connectivity index (χ3n) is 2.82. The predicted octanol–water partition coefficient (Wildman–Crippen LogP) is 0.302. The Balaban J connectivity index is 2.10. The highest BCUT2D eigenvalue weighted by Crippen LogP contribution is 2.08. The van der Waals surface area contributed by atoms with Crippen molar-refractivity contribution in [2.24, 2.45) is 7.05 Å². The number of aryl methyl sites for hydroxylation is 1. The van der Waals surface area contributed by atoms with Crippen molar-refractivity contribution < 1.29 is 13.5 Å². The SMILES string of the molecule is Cn1cnc(S(=O)(=O)NC(CO)Cc2ccccc2)c1. The van der Waals surface area contributed by atoms with Crippen LogP contribution < -0.4 is 4.72 Å². The summed E-state index contributed by atoms with van der Waals surface area (Å²) in [6.07, 6.45) is 3.25. The fourth-order valence-corrected chi connectivity index (χ4v) is 3.06. The first-order valence-electron chi connectivity index (χ1n) is 6.16. The van der Waals surface area contributed by atoms with Crippen LogP contribution in [0.5, 0.6) is 0 Å². The summed E-state index contributed by atoms with van der Waals surface area (Å²) in [5.74, 6) is 0. The van der Waals surface area contributed by atoms with Gasteiger partial charge in [0.1, 0.15) is 0 Å². The molecule has 2 N–H and O–H groups in total. The highest BCUT2D eigenvalue weighted by molar-refractivity contribution is 7.89. The molecule has 6 nitrogen and oxygen atoms in total. The highest BCUT2D eigenvalue weighted by atomic mass is 32.2. The number of hydrogen-bond donors (Lipinski definition) is 2. The third kappa shape index (κ3) is 3.66. The Morgan fingerprint density at radius 1 is 1.35 bits per heavy atom. The van der Waals surface area contributed by atoms with Gasteiger partial charge in [0.25, 0.3) is 10.0 Å². The van der Waals surface area contributed by atoms with Crippen molar-refractivity contribution in [1.29, 1.82) is 0 Å². The van der Waals surface area contributed by atoms with Gasteiger partial charge in [-0.1, -0.05) is 30.3 Å². The Morgan fingerprint density at radius 2 is 2.05 bits per heavy atom. The van der Waals surface area contributed by atoms with Crippen molar-refractivity contribution in [2.45, 2.75) is 17.5 Å². The molecule has 108 valence electrons. The summed E-state index contributed by atoms with van der Waals surface area (Å²) in [7, 11) is -2.02. The maximum Gasteiger partial charge on any atom is 0.259 e. The number of imidazole rings is 1. The van der Waals surface area contributed by atoms with Crippen LogP contribution in [0.2, 0.25) is 0 Å². The Hall–Kier alpha value is -1.70. The zero-order valence-corrected chi connectivity index (χ0v) is 11.9. The second kappa shape index (κ2) is 6.17. The van der Waals surface area contributed by atoms with Gasteiger partial charge in [-0.2, -0.15) is 0 Å². The normalized spacial score (nSPS) is 13.3. The molecule has 0 spiro atoms. The minimum Gasteiger partial charge on any atom is -0.395 e. The number of hydrogen-bond acceptors (Lipinski definition) is 4. The number of nitrogens with zero attached hydrogens (tertiary/aromatic N) is 2. The average molecular weight is 295 g/mol. The first-order chi connectivity index (χ1) is 9.51. The van der Waals surface area contributed by atoms with Crippen LogP contribution in [0.1, 0.15) is 5.56 Å². The molecule has 20 heavy (non-hydrogen) atoms. The molecule has 0 aliphatic heterocycles. The van der Waals surface area contributed by atoms with E-state index in [2.05, 4.69) is 9.71 Å². The van der Waals surface area contributed by atoms with Crippen LogP contribution in [0, 0.1) is 0 Å².